The van der Waals surface area contributed by atoms with E-state index in [0.29, 0.717) is 19.1 Å². The Labute approximate surface area is 110 Å². The highest BCUT2D eigenvalue weighted by atomic mass is 16.5. The molecule has 1 rings (SSSR count). The Balaban J connectivity index is 2.38. The van der Waals surface area contributed by atoms with Crippen LogP contribution in [-0.4, -0.2) is 55.2 Å². The maximum atomic E-state index is 11.9. The van der Waals surface area contributed by atoms with Crippen molar-refractivity contribution >= 4 is 5.91 Å². The fourth-order valence-corrected chi connectivity index (χ4v) is 2.37. The van der Waals surface area contributed by atoms with Crippen molar-refractivity contribution in [2.45, 2.75) is 51.9 Å². The van der Waals surface area contributed by atoms with Gasteiger partial charge in [-0.3, -0.25) is 9.69 Å². The van der Waals surface area contributed by atoms with Crippen LogP contribution in [0.4, 0.5) is 0 Å². The highest BCUT2D eigenvalue weighted by Crippen LogP contribution is 2.10. The number of nitrogens with one attached hydrogen (secondary N) is 1. The van der Waals surface area contributed by atoms with Gasteiger partial charge < -0.3 is 15.8 Å². The van der Waals surface area contributed by atoms with Crippen molar-refractivity contribution in [2.75, 3.05) is 26.2 Å². The second kappa shape index (κ2) is 7.71. The number of morpholine rings is 1. The standard InChI is InChI=1S/C13H27N3O2/c1-4-11(5-2)15-13(17)9-16-7-10(3)18-12(6-14)8-16/h10-12H,4-9,14H2,1-3H3,(H,15,17). The molecule has 2 atom stereocenters. The van der Waals surface area contributed by atoms with E-state index in [0.717, 1.165) is 25.9 Å². The van der Waals surface area contributed by atoms with Crippen LogP contribution in [0.3, 0.4) is 0 Å². The van der Waals surface area contributed by atoms with Crippen LogP contribution in [0.25, 0.3) is 0 Å². The fraction of sp³-hybridized carbons (Fsp3) is 0.923. The molecule has 5 nitrogen and oxygen atoms in total. The summed E-state index contributed by atoms with van der Waals surface area (Å²) >= 11 is 0. The predicted octanol–water partition coefficient (Wildman–Crippen LogP) is 0.339. The zero-order valence-corrected chi connectivity index (χ0v) is 11.8. The summed E-state index contributed by atoms with van der Waals surface area (Å²) in [4.78, 5) is 14.0. The summed E-state index contributed by atoms with van der Waals surface area (Å²) in [5.41, 5.74) is 5.63. The topological polar surface area (TPSA) is 67.6 Å². The molecule has 0 aliphatic carbocycles. The molecule has 1 fully saturated rings. The lowest BCUT2D eigenvalue weighted by Crippen LogP contribution is -2.52. The van der Waals surface area contributed by atoms with Gasteiger partial charge in [0.1, 0.15) is 0 Å². The Morgan fingerprint density at radius 1 is 1.44 bits per heavy atom. The van der Waals surface area contributed by atoms with Crippen LogP contribution < -0.4 is 11.1 Å². The maximum absolute atomic E-state index is 11.9. The first-order valence-electron chi connectivity index (χ1n) is 6.96. The quantitative estimate of drug-likeness (QED) is 0.720. The number of carbonyl (C=O) groups excluding carboxylic acids is 1. The minimum atomic E-state index is 0.0506. The van der Waals surface area contributed by atoms with E-state index in [1.54, 1.807) is 0 Å². The number of rotatable bonds is 6. The summed E-state index contributed by atoms with van der Waals surface area (Å²) in [6.45, 7) is 8.71. The number of hydrogen-bond acceptors (Lipinski definition) is 4. The molecule has 0 bridgehead atoms. The summed E-state index contributed by atoms with van der Waals surface area (Å²) < 4.78 is 5.67. The van der Waals surface area contributed by atoms with Gasteiger partial charge in [-0.1, -0.05) is 13.8 Å². The number of carbonyl (C=O) groups is 1. The number of nitrogens with two attached hydrogens (primary N) is 1. The van der Waals surface area contributed by atoms with Crippen molar-refractivity contribution in [1.82, 2.24) is 10.2 Å². The number of nitrogens with zero attached hydrogens (tertiary/aromatic N) is 1. The van der Waals surface area contributed by atoms with E-state index in [9.17, 15) is 4.79 Å². The van der Waals surface area contributed by atoms with Crippen LogP contribution in [0.1, 0.15) is 33.6 Å². The second-order valence-corrected chi connectivity index (χ2v) is 5.08. The molecule has 18 heavy (non-hydrogen) atoms. The van der Waals surface area contributed by atoms with Gasteiger partial charge in [0.2, 0.25) is 5.91 Å². The third-order valence-electron chi connectivity index (χ3n) is 3.38. The van der Waals surface area contributed by atoms with Gasteiger partial charge in [-0.2, -0.15) is 0 Å². The van der Waals surface area contributed by atoms with Crippen molar-refractivity contribution in [2.24, 2.45) is 5.73 Å². The maximum Gasteiger partial charge on any atom is 0.234 e. The summed E-state index contributed by atoms with van der Waals surface area (Å²) in [7, 11) is 0. The third kappa shape index (κ3) is 4.92. The molecule has 1 saturated heterocycles. The first-order chi connectivity index (χ1) is 8.58. The summed E-state index contributed by atoms with van der Waals surface area (Å²) in [6.07, 6.45) is 2.16. The van der Waals surface area contributed by atoms with Crippen molar-refractivity contribution in [3.8, 4) is 0 Å². The molecule has 0 aromatic heterocycles. The van der Waals surface area contributed by atoms with Crippen molar-refractivity contribution in [3.63, 3.8) is 0 Å². The Bertz CT molecular complexity index is 257. The Hall–Kier alpha value is -0.650. The SMILES string of the molecule is CCC(CC)NC(=O)CN1CC(C)OC(CN)C1. The van der Waals surface area contributed by atoms with Gasteiger partial charge in [0, 0.05) is 25.7 Å². The smallest absolute Gasteiger partial charge is 0.234 e. The highest BCUT2D eigenvalue weighted by Gasteiger charge is 2.25. The lowest BCUT2D eigenvalue weighted by atomic mass is 10.1. The van der Waals surface area contributed by atoms with Gasteiger partial charge in [-0.25, -0.2) is 0 Å². The number of amides is 1. The van der Waals surface area contributed by atoms with E-state index in [-0.39, 0.29) is 18.1 Å². The van der Waals surface area contributed by atoms with Gasteiger partial charge in [0.05, 0.1) is 18.8 Å². The minimum Gasteiger partial charge on any atom is -0.371 e. The molecule has 1 heterocycles. The monoisotopic (exact) mass is 257 g/mol. The molecule has 1 amide bonds. The fourth-order valence-electron chi connectivity index (χ4n) is 2.37. The zero-order valence-electron chi connectivity index (χ0n) is 11.8. The van der Waals surface area contributed by atoms with E-state index >= 15 is 0 Å². The predicted molar refractivity (Wildman–Crippen MR) is 72.3 cm³/mol. The Morgan fingerprint density at radius 2 is 2.11 bits per heavy atom. The summed E-state index contributed by atoms with van der Waals surface area (Å²) in [5, 5.41) is 3.06. The molecule has 0 radical (unpaired) electrons. The van der Waals surface area contributed by atoms with Crippen LogP contribution in [0.2, 0.25) is 0 Å². The molecule has 0 aromatic carbocycles. The average Bonchev–Trinajstić information content (AvgIpc) is 2.35. The first-order valence-corrected chi connectivity index (χ1v) is 6.96. The van der Waals surface area contributed by atoms with Crippen molar-refractivity contribution < 1.29 is 9.53 Å². The molecule has 0 spiro atoms. The minimum absolute atomic E-state index is 0.0506. The van der Waals surface area contributed by atoms with Gasteiger partial charge in [-0.05, 0) is 19.8 Å². The van der Waals surface area contributed by atoms with E-state index in [1.165, 1.54) is 0 Å². The Kier molecular flexibility index (Phi) is 6.60. The van der Waals surface area contributed by atoms with Crippen molar-refractivity contribution in [3.05, 3.63) is 0 Å². The molecule has 0 aromatic rings. The molecular weight excluding hydrogens is 230 g/mol. The third-order valence-corrected chi connectivity index (χ3v) is 3.38. The van der Waals surface area contributed by atoms with E-state index in [2.05, 4.69) is 24.1 Å². The first kappa shape index (κ1) is 15.4. The van der Waals surface area contributed by atoms with Gasteiger partial charge >= 0.3 is 0 Å². The molecular formula is C13H27N3O2. The van der Waals surface area contributed by atoms with E-state index in [4.69, 9.17) is 10.5 Å². The normalized spacial score (nSPS) is 25.4. The highest BCUT2D eigenvalue weighted by molar-refractivity contribution is 5.78. The molecule has 0 saturated carbocycles. The van der Waals surface area contributed by atoms with Crippen LogP contribution in [0.5, 0.6) is 0 Å². The van der Waals surface area contributed by atoms with Crippen LogP contribution in [-0.2, 0) is 9.53 Å². The second-order valence-electron chi connectivity index (χ2n) is 5.08. The largest absolute Gasteiger partial charge is 0.371 e. The van der Waals surface area contributed by atoms with Gasteiger partial charge in [0.25, 0.3) is 0 Å². The van der Waals surface area contributed by atoms with Crippen LogP contribution >= 0.6 is 0 Å². The van der Waals surface area contributed by atoms with Crippen LogP contribution in [0, 0.1) is 0 Å². The van der Waals surface area contributed by atoms with Crippen molar-refractivity contribution in [1.29, 1.82) is 0 Å². The number of hydrogen-bond donors (Lipinski definition) is 2. The lowest BCUT2D eigenvalue weighted by Gasteiger charge is -2.36. The summed E-state index contributed by atoms with van der Waals surface area (Å²) in [5.74, 6) is 0.105. The Morgan fingerprint density at radius 3 is 2.67 bits per heavy atom. The van der Waals surface area contributed by atoms with Gasteiger partial charge in [-0.15, -0.1) is 0 Å². The molecule has 1 aliphatic heterocycles. The molecule has 3 N–H and O–H groups in total. The summed E-state index contributed by atoms with van der Waals surface area (Å²) in [6, 6.07) is 0.293. The van der Waals surface area contributed by atoms with Crippen LogP contribution in [0.15, 0.2) is 0 Å². The molecule has 1 aliphatic rings. The van der Waals surface area contributed by atoms with Gasteiger partial charge in [0.15, 0.2) is 0 Å². The average molecular weight is 257 g/mol. The molecule has 2 unspecified atom stereocenters. The number of ether oxygens (including phenoxy) is 1. The molecule has 106 valence electrons. The zero-order chi connectivity index (χ0) is 13.5. The van der Waals surface area contributed by atoms with E-state index < -0.39 is 0 Å². The lowest BCUT2D eigenvalue weighted by molar-refractivity contribution is -0.127. The van der Waals surface area contributed by atoms with E-state index in [1.807, 2.05) is 6.92 Å². The molecule has 5 heteroatoms.